The van der Waals surface area contributed by atoms with Crippen molar-refractivity contribution in [2.75, 3.05) is 0 Å². The van der Waals surface area contributed by atoms with E-state index in [-0.39, 0.29) is 18.2 Å². The van der Waals surface area contributed by atoms with E-state index >= 15 is 0 Å². The van der Waals surface area contributed by atoms with E-state index in [1.165, 1.54) is 44.9 Å². The van der Waals surface area contributed by atoms with Gasteiger partial charge in [-0.05, 0) is 6.42 Å². The van der Waals surface area contributed by atoms with Crippen LogP contribution in [0.3, 0.4) is 0 Å². The second-order valence-corrected chi connectivity index (χ2v) is 5.18. The molecule has 0 saturated carbocycles. The molecule has 18 heavy (non-hydrogen) atoms. The maximum Gasteiger partial charge on any atom is 0.218 e. The molecule has 2 N–H and O–H groups in total. The van der Waals surface area contributed by atoms with Gasteiger partial charge in [0.1, 0.15) is 6.29 Å². The van der Waals surface area contributed by atoms with E-state index in [1.807, 2.05) is 0 Å². The highest BCUT2D eigenvalue weighted by molar-refractivity contribution is 5.77. The Bertz CT molecular complexity index is 217. The lowest BCUT2D eigenvalue weighted by atomic mass is 9.98. The first-order valence-corrected chi connectivity index (χ1v) is 7.44. The molecular weight excluding hydrogens is 226 g/mol. The fourth-order valence-electron chi connectivity index (χ4n) is 2.19. The second-order valence-electron chi connectivity index (χ2n) is 5.18. The number of hydrogen-bond donors (Lipinski definition) is 1. The summed E-state index contributed by atoms with van der Waals surface area (Å²) in [6.45, 7) is 2.23. The fourth-order valence-corrected chi connectivity index (χ4v) is 2.19. The first-order valence-electron chi connectivity index (χ1n) is 7.44. The fraction of sp³-hybridized carbons (Fsp3) is 0.867. The third-order valence-corrected chi connectivity index (χ3v) is 3.33. The van der Waals surface area contributed by atoms with Crippen LogP contribution in [0.2, 0.25) is 0 Å². The lowest BCUT2D eigenvalue weighted by molar-refractivity contribution is -0.122. The van der Waals surface area contributed by atoms with Gasteiger partial charge in [-0.15, -0.1) is 0 Å². The number of rotatable bonds is 13. The summed E-state index contributed by atoms with van der Waals surface area (Å²) in [5.74, 6) is -0.532. The minimum absolute atomic E-state index is 0.160. The molecule has 0 saturated heterocycles. The van der Waals surface area contributed by atoms with Gasteiger partial charge in [0.05, 0.1) is 0 Å². The highest BCUT2D eigenvalue weighted by Gasteiger charge is 2.09. The number of nitrogens with two attached hydrogens (primary N) is 1. The Balaban J connectivity index is 3.28. The number of amides is 1. The highest BCUT2D eigenvalue weighted by Crippen LogP contribution is 2.14. The van der Waals surface area contributed by atoms with Crippen LogP contribution in [0, 0.1) is 5.92 Å². The molecule has 0 aromatic carbocycles. The van der Waals surface area contributed by atoms with Crippen LogP contribution >= 0.6 is 0 Å². The summed E-state index contributed by atoms with van der Waals surface area (Å²) in [7, 11) is 0. The molecule has 3 heteroatoms. The molecule has 1 atom stereocenters. The summed E-state index contributed by atoms with van der Waals surface area (Å²) < 4.78 is 0. The number of carbonyl (C=O) groups excluding carboxylic acids is 2. The molecule has 0 fully saturated rings. The van der Waals surface area contributed by atoms with E-state index < -0.39 is 0 Å². The predicted molar refractivity (Wildman–Crippen MR) is 75.2 cm³/mol. The van der Waals surface area contributed by atoms with E-state index in [9.17, 15) is 9.59 Å². The molecule has 1 amide bonds. The number of aldehydes is 1. The van der Waals surface area contributed by atoms with Gasteiger partial charge in [-0.2, -0.15) is 0 Å². The first kappa shape index (κ1) is 17.1. The summed E-state index contributed by atoms with van der Waals surface area (Å²) in [5.41, 5.74) is 5.08. The Morgan fingerprint density at radius 2 is 1.50 bits per heavy atom. The average molecular weight is 255 g/mol. The van der Waals surface area contributed by atoms with Crippen molar-refractivity contribution in [3.05, 3.63) is 0 Å². The third-order valence-electron chi connectivity index (χ3n) is 3.33. The first-order chi connectivity index (χ1) is 8.70. The van der Waals surface area contributed by atoms with Crippen molar-refractivity contribution in [1.82, 2.24) is 0 Å². The molecule has 0 bridgehead atoms. The Kier molecular flexibility index (Phi) is 12.0. The minimum atomic E-state index is -0.372. The van der Waals surface area contributed by atoms with Crippen molar-refractivity contribution in [1.29, 1.82) is 0 Å². The molecule has 0 spiro atoms. The smallest absolute Gasteiger partial charge is 0.218 e. The normalized spacial score (nSPS) is 12.3. The van der Waals surface area contributed by atoms with Crippen LogP contribution in [-0.4, -0.2) is 12.2 Å². The quantitative estimate of drug-likeness (QED) is 0.404. The van der Waals surface area contributed by atoms with Crippen LogP contribution in [0.5, 0.6) is 0 Å². The predicted octanol–water partition coefficient (Wildman–Crippen LogP) is 3.60. The Morgan fingerprint density at radius 1 is 1.00 bits per heavy atom. The number of unbranched alkanes of at least 4 members (excludes halogenated alkanes) is 8. The molecule has 1 unspecified atom stereocenters. The zero-order valence-corrected chi connectivity index (χ0v) is 11.8. The van der Waals surface area contributed by atoms with Gasteiger partial charge >= 0.3 is 0 Å². The lowest BCUT2D eigenvalue weighted by Crippen LogP contribution is -2.17. The molecule has 0 aromatic heterocycles. The number of hydrogen-bond acceptors (Lipinski definition) is 2. The van der Waals surface area contributed by atoms with Crippen LogP contribution in [0.25, 0.3) is 0 Å². The molecule has 0 aliphatic rings. The van der Waals surface area contributed by atoms with Gasteiger partial charge in [0, 0.05) is 12.3 Å². The standard InChI is InChI=1S/C15H29NO2/c1-2-3-4-5-6-7-8-9-10-11-14(13-17)12-15(16)18/h13-14H,2-12H2,1H3,(H2,16,18). The maximum atomic E-state index is 10.7. The van der Waals surface area contributed by atoms with Gasteiger partial charge < -0.3 is 10.5 Å². The van der Waals surface area contributed by atoms with Crippen LogP contribution < -0.4 is 5.73 Å². The molecule has 0 aliphatic carbocycles. The Hall–Kier alpha value is -0.860. The van der Waals surface area contributed by atoms with Crippen LogP contribution in [0.4, 0.5) is 0 Å². The minimum Gasteiger partial charge on any atom is -0.370 e. The van der Waals surface area contributed by atoms with Gasteiger partial charge in [-0.25, -0.2) is 0 Å². The molecule has 0 heterocycles. The van der Waals surface area contributed by atoms with Crippen LogP contribution in [-0.2, 0) is 9.59 Å². The van der Waals surface area contributed by atoms with Crippen LogP contribution in [0.1, 0.15) is 77.6 Å². The van der Waals surface area contributed by atoms with Gasteiger partial charge in [-0.3, -0.25) is 4.79 Å². The monoisotopic (exact) mass is 255 g/mol. The van der Waals surface area contributed by atoms with Crippen molar-refractivity contribution >= 4 is 12.2 Å². The topological polar surface area (TPSA) is 60.2 Å². The summed E-state index contributed by atoms with van der Waals surface area (Å²) in [6.07, 6.45) is 13.3. The number of carbonyl (C=O) groups is 2. The second kappa shape index (κ2) is 12.6. The van der Waals surface area contributed by atoms with E-state index in [0.29, 0.717) is 0 Å². The van der Waals surface area contributed by atoms with E-state index in [2.05, 4.69) is 6.92 Å². The van der Waals surface area contributed by atoms with Crippen LogP contribution in [0.15, 0.2) is 0 Å². The Morgan fingerprint density at radius 3 is 1.94 bits per heavy atom. The van der Waals surface area contributed by atoms with Gasteiger partial charge in [0.25, 0.3) is 0 Å². The molecule has 0 radical (unpaired) electrons. The molecule has 106 valence electrons. The molecule has 3 nitrogen and oxygen atoms in total. The summed E-state index contributed by atoms with van der Waals surface area (Å²) in [4.78, 5) is 21.4. The van der Waals surface area contributed by atoms with Gasteiger partial charge in [-0.1, -0.05) is 64.7 Å². The van der Waals surface area contributed by atoms with Crippen molar-refractivity contribution in [3.8, 4) is 0 Å². The van der Waals surface area contributed by atoms with E-state index in [4.69, 9.17) is 5.73 Å². The van der Waals surface area contributed by atoms with Crippen molar-refractivity contribution < 1.29 is 9.59 Å². The highest BCUT2D eigenvalue weighted by atomic mass is 16.1. The average Bonchev–Trinajstić information content (AvgIpc) is 2.35. The largest absolute Gasteiger partial charge is 0.370 e. The zero-order valence-electron chi connectivity index (χ0n) is 11.8. The molecule has 0 aromatic rings. The maximum absolute atomic E-state index is 10.7. The van der Waals surface area contributed by atoms with E-state index in [1.54, 1.807) is 0 Å². The lowest BCUT2D eigenvalue weighted by Gasteiger charge is -2.07. The van der Waals surface area contributed by atoms with Crippen molar-refractivity contribution in [2.45, 2.75) is 77.6 Å². The van der Waals surface area contributed by atoms with Gasteiger partial charge in [0.15, 0.2) is 0 Å². The summed E-state index contributed by atoms with van der Waals surface area (Å²) in [5, 5.41) is 0. The Labute approximate surface area is 112 Å². The third kappa shape index (κ3) is 11.6. The van der Waals surface area contributed by atoms with Gasteiger partial charge in [0.2, 0.25) is 5.91 Å². The number of primary amides is 1. The molecular formula is C15H29NO2. The molecule has 0 rings (SSSR count). The SMILES string of the molecule is CCCCCCCCCCCC(C=O)CC(N)=O. The molecule has 0 aliphatic heterocycles. The van der Waals surface area contributed by atoms with Crippen molar-refractivity contribution in [2.24, 2.45) is 11.7 Å². The van der Waals surface area contributed by atoms with Crippen molar-refractivity contribution in [3.63, 3.8) is 0 Å². The summed E-state index contributed by atoms with van der Waals surface area (Å²) in [6, 6.07) is 0. The summed E-state index contributed by atoms with van der Waals surface area (Å²) >= 11 is 0. The zero-order chi connectivity index (χ0) is 13.6. The van der Waals surface area contributed by atoms with E-state index in [0.717, 1.165) is 25.5 Å².